The van der Waals surface area contributed by atoms with Crippen LogP contribution < -0.4 is 5.32 Å². The van der Waals surface area contributed by atoms with Crippen LogP contribution in [0.5, 0.6) is 0 Å². The van der Waals surface area contributed by atoms with Crippen molar-refractivity contribution in [1.82, 2.24) is 15.1 Å². The van der Waals surface area contributed by atoms with E-state index in [2.05, 4.69) is 35.9 Å². The monoisotopic (exact) mass is 269 g/mol. The van der Waals surface area contributed by atoms with Crippen LogP contribution in [0.2, 0.25) is 0 Å². The maximum atomic E-state index is 5.44. The Morgan fingerprint density at radius 1 is 1.26 bits per heavy atom. The first-order valence-corrected chi connectivity index (χ1v) is 7.71. The molecule has 2 aliphatic rings. The van der Waals surface area contributed by atoms with Gasteiger partial charge in [-0.1, -0.05) is 0 Å². The zero-order valence-electron chi connectivity index (χ0n) is 13.1. The SMILES string of the molecule is COCC(CNC(C)(C)C)N1CCN2CCCC2C1. The van der Waals surface area contributed by atoms with E-state index in [0.29, 0.717) is 6.04 Å². The Morgan fingerprint density at radius 3 is 2.74 bits per heavy atom. The van der Waals surface area contributed by atoms with Gasteiger partial charge in [0.15, 0.2) is 0 Å². The summed E-state index contributed by atoms with van der Waals surface area (Å²) >= 11 is 0. The Morgan fingerprint density at radius 2 is 2.05 bits per heavy atom. The van der Waals surface area contributed by atoms with Gasteiger partial charge in [-0.05, 0) is 40.2 Å². The smallest absolute Gasteiger partial charge is 0.0630 e. The third kappa shape index (κ3) is 4.42. The van der Waals surface area contributed by atoms with Crippen LogP contribution in [-0.2, 0) is 4.74 Å². The van der Waals surface area contributed by atoms with Crippen LogP contribution >= 0.6 is 0 Å². The molecule has 2 rings (SSSR count). The molecular weight excluding hydrogens is 238 g/mol. The molecule has 0 aromatic rings. The minimum absolute atomic E-state index is 0.182. The zero-order chi connectivity index (χ0) is 13.9. The molecule has 112 valence electrons. The van der Waals surface area contributed by atoms with Crippen molar-refractivity contribution in [3.8, 4) is 0 Å². The van der Waals surface area contributed by atoms with Crippen LogP contribution in [0.3, 0.4) is 0 Å². The molecule has 0 aromatic carbocycles. The van der Waals surface area contributed by atoms with E-state index in [0.717, 1.165) is 19.2 Å². The first kappa shape index (κ1) is 15.2. The molecule has 2 atom stereocenters. The molecule has 4 nitrogen and oxygen atoms in total. The molecule has 19 heavy (non-hydrogen) atoms. The van der Waals surface area contributed by atoms with Crippen LogP contribution in [0.1, 0.15) is 33.6 Å². The van der Waals surface area contributed by atoms with Crippen LogP contribution in [0.4, 0.5) is 0 Å². The van der Waals surface area contributed by atoms with Crippen LogP contribution in [0.15, 0.2) is 0 Å². The molecule has 0 aromatic heterocycles. The maximum Gasteiger partial charge on any atom is 0.0630 e. The lowest BCUT2D eigenvalue weighted by atomic mass is 10.1. The quantitative estimate of drug-likeness (QED) is 0.811. The average molecular weight is 269 g/mol. The Balaban J connectivity index is 1.87. The van der Waals surface area contributed by atoms with Gasteiger partial charge in [0.1, 0.15) is 0 Å². The topological polar surface area (TPSA) is 27.7 Å². The van der Waals surface area contributed by atoms with E-state index in [1.165, 1.54) is 39.0 Å². The van der Waals surface area contributed by atoms with Crippen molar-refractivity contribution in [3.63, 3.8) is 0 Å². The number of methoxy groups -OCH3 is 1. The lowest BCUT2D eigenvalue weighted by molar-refractivity contribution is 0.0321. The molecular formula is C15H31N3O. The Labute approximate surface area is 118 Å². The summed E-state index contributed by atoms with van der Waals surface area (Å²) < 4.78 is 5.44. The highest BCUT2D eigenvalue weighted by atomic mass is 16.5. The van der Waals surface area contributed by atoms with Gasteiger partial charge in [0.05, 0.1) is 6.61 Å². The summed E-state index contributed by atoms with van der Waals surface area (Å²) in [6.07, 6.45) is 2.76. The van der Waals surface area contributed by atoms with E-state index in [9.17, 15) is 0 Å². The molecule has 0 spiro atoms. The molecule has 2 fully saturated rings. The molecule has 0 bridgehead atoms. The van der Waals surface area contributed by atoms with Crippen LogP contribution in [0.25, 0.3) is 0 Å². The summed E-state index contributed by atoms with van der Waals surface area (Å²) in [6.45, 7) is 13.5. The van der Waals surface area contributed by atoms with Gasteiger partial charge in [0.25, 0.3) is 0 Å². The second-order valence-corrected chi connectivity index (χ2v) is 7.07. The predicted octanol–water partition coefficient (Wildman–Crippen LogP) is 1.17. The van der Waals surface area contributed by atoms with Gasteiger partial charge in [-0.15, -0.1) is 0 Å². The summed E-state index contributed by atoms with van der Waals surface area (Å²) in [5, 5.41) is 3.63. The van der Waals surface area contributed by atoms with Gasteiger partial charge in [-0.3, -0.25) is 9.80 Å². The molecule has 2 heterocycles. The predicted molar refractivity (Wildman–Crippen MR) is 79.6 cm³/mol. The number of rotatable bonds is 5. The van der Waals surface area contributed by atoms with Gasteiger partial charge in [0.2, 0.25) is 0 Å². The van der Waals surface area contributed by atoms with E-state index in [4.69, 9.17) is 4.74 Å². The third-order valence-electron chi connectivity index (χ3n) is 4.36. The number of nitrogens with zero attached hydrogens (tertiary/aromatic N) is 2. The van der Waals surface area contributed by atoms with E-state index in [-0.39, 0.29) is 5.54 Å². The second kappa shape index (κ2) is 6.53. The fraction of sp³-hybridized carbons (Fsp3) is 1.00. The van der Waals surface area contributed by atoms with Crippen molar-refractivity contribution in [1.29, 1.82) is 0 Å². The van der Waals surface area contributed by atoms with Gasteiger partial charge in [-0.2, -0.15) is 0 Å². The number of hydrogen-bond donors (Lipinski definition) is 1. The minimum atomic E-state index is 0.182. The molecule has 1 N–H and O–H groups in total. The Bertz CT molecular complexity index is 277. The van der Waals surface area contributed by atoms with Crippen molar-refractivity contribution in [3.05, 3.63) is 0 Å². The van der Waals surface area contributed by atoms with Crippen molar-refractivity contribution in [2.75, 3.05) is 46.4 Å². The lowest BCUT2D eigenvalue weighted by Gasteiger charge is -2.42. The van der Waals surface area contributed by atoms with E-state index >= 15 is 0 Å². The number of hydrogen-bond acceptors (Lipinski definition) is 4. The minimum Gasteiger partial charge on any atom is -0.383 e. The average Bonchev–Trinajstić information content (AvgIpc) is 2.80. The first-order valence-electron chi connectivity index (χ1n) is 7.71. The number of ether oxygens (including phenoxy) is 1. The van der Waals surface area contributed by atoms with Gasteiger partial charge >= 0.3 is 0 Å². The van der Waals surface area contributed by atoms with Crippen molar-refractivity contribution in [2.24, 2.45) is 0 Å². The van der Waals surface area contributed by atoms with E-state index in [1.807, 2.05) is 7.11 Å². The summed E-state index contributed by atoms with van der Waals surface area (Å²) in [5.74, 6) is 0. The molecule has 4 heteroatoms. The Hall–Kier alpha value is -0.160. The highest BCUT2D eigenvalue weighted by Gasteiger charge is 2.33. The standard InChI is InChI=1S/C15H31N3O/c1-15(2,3)16-10-14(12-19-4)18-9-8-17-7-5-6-13(17)11-18/h13-14,16H,5-12H2,1-4H3. The number of piperazine rings is 1. The van der Waals surface area contributed by atoms with Crippen LogP contribution in [0, 0.1) is 0 Å². The maximum absolute atomic E-state index is 5.44. The molecule has 0 saturated carbocycles. The van der Waals surface area contributed by atoms with Gasteiger partial charge < -0.3 is 10.1 Å². The Kier molecular flexibility index (Phi) is 5.23. The zero-order valence-corrected chi connectivity index (χ0v) is 13.1. The fourth-order valence-electron chi connectivity index (χ4n) is 3.26. The summed E-state index contributed by atoms with van der Waals surface area (Å²) in [6, 6.07) is 1.30. The third-order valence-corrected chi connectivity index (χ3v) is 4.36. The molecule has 2 unspecified atom stereocenters. The van der Waals surface area contributed by atoms with Crippen molar-refractivity contribution >= 4 is 0 Å². The molecule has 2 aliphatic heterocycles. The summed E-state index contributed by atoms with van der Waals surface area (Å²) in [7, 11) is 1.82. The summed E-state index contributed by atoms with van der Waals surface area (Å²) in [4.78, 5) is 5.30. The number of nitrogens with one attached hydrogen (secondary N) is 1. The summed E-state index contributed by atoms with van der Waals surface area (Å²) in [5.41, 5.74) is 0.182. The molecule has 0 amide bonds. The highest BCUT2D eigenvalue weighted by Crippen LogP contribution is 2.22. The molecule has 2 saturated heterocycles. The molecule has 0 radical (unpaired) electrons. The van der Waals surface area contributed by atoms with E-state index < -0.39 is 0 Å². The molecule has 0 aliphatic carbocycles. The van der Waals surface area contributed by atoms with Crippen LogP contribution in [-0.4, -0.2) is 73.9 Å². The van der Waals surface area contributed by atoms with Gasteiger partial charge in [0, 0.05) is 50.9 Å². The first-order chi connectivity index (χ1) is 8.99. The van der Waals surface area contributed by atoms with Crippen molar-refractivity contribution in [2.45, 2.75) is 51.2 Å². The van der Waals surface area contributed by atoms with Gasteiger partial charge in [-0.25, -0.2) is 0 Å². The fourth-order valence-corrected chi connectivity index (χ4v) is 3.26. The highest BCUT2D eigenvalue weighted by molar-refractivity contribution is 4.90. The van der Waals surface area contributed by atoms with E-state index in [1.54, 1.807) is 0 Å². The largest absolute Gasteiger partial charge is 0.383 e. The lowest BCUT2D eigenvalue weighted by Crippen LogP contribution is -2.57. The second-order valence-electron chi connectivity index (χ2n) is 7.07. The number of fused-ring (bicyclic) bond motifs is 1. The van der Waals surface area contributed by atoms with Crippen molar-refractivity contribution < 1.29 is 4.74 Å². The normalized spacial score (nSPS) is 27.5.